The monoisotopic (exact) mass is 261 g/mol. The predicted octanol–water partition coefficient (Wildman–Crippen LogP) is 2.73. The number of aromatic nitrogens is 2. The molecule has 0 spiro atoms. The molecule has 1 aromatic heterocycles. The number of benzene rings is 1. The zero-order chi connectivity index (χ0) is 13.8. The summed E-state index contributed by atoms with van der Waals surface area (Å²) in [6, 6.07) is 6.12. The maximum absolute atomic E-state index is 5.72. The lowest BCUT2D eigenvalue weighted by Crippen LogP contribution is -2.10. The van der Waals surface area contributed by atoms with Crippen LogP contribution >= 0.6 is 0 Å². The fraction of sp³-hybridized carbons (Fsp3) is 0.533. The van der Waals surface area contributed by atoms with Crippen LogP contribution in [0.2, 0.25) is 0 Å². The summed E-state index contributed by atoms with van der Waals surface area (Å²) >= 11 is 0. The van der Waals surface area contributed by atoms with E-state index in [0.29, 0.717) is 6.54 Å². The Morgan fingerprint density at radius 3 is 2.79 bits per heavy atom. The lowest BCUT2D eigenvalue weighted by Gasteiger charge is -2.10. The van der Waals surface area contributed by atoms with E-state index in [9.17, 15) is 0 Å². The molecule has 4 nitrogen and oxygen atoms in total. The lowest BCUT2D eigenvalue weighted by molar-refractivity contribution is 0.242. The Bertz CT molecular complexity index is 546. The zero-order valence-corrected chi connectivity index (χ0v) is 12.0. The van der Waals surface area contributed by atoms with Gasteiger partial charge >= 0.3 is 0 Å². The SMILES string of the molecule is CCCn1c(CCN)nc2cc(OC(C)C)ccc21. The molecule has 0 aliphatic carbocycles. The van der Waals surface area contributed by atoms with Gasteiger partial charge in [-0.05, 0) is 38.9 Å². The number of ether oxygens (including phenoxy) is 1. The van der Waals surface area contributed by atoms with Crippen LogP contribution in [0.5, 0.6) is 5.75 Å². The number of hydrogen-bond acceptors (Lipinski definition) is 3. The third kappa shape index (κ3) is 3.07. The van der Waals surface area contributed by atoms with E-state index in [1.807, 2.05) is 26.0 Å². The third-order valence-corrected chi connectivity index (χ3v) is 2.99. The van der Waals surface area contributed by atoms with E-state index >= 15 is 0 Å². The molecule has 1 aromatic carbocycles. The van der Waals surface area contributed by atoms with Crippen LogP contribution < -0.4 is 10.5 Å². The number of aryl methyl sites for hydroxylation is 1. The van der Waals surface area contributed by atoms with Gasteiger partial charge in [0.15, 0.2) is 0 Å². The standard InChI is InChI=1S/C15H23N3O/c1-4-9-18-14-6-5-12(19-11(2)3)10-13(14)17-15(18)7-8-16/h5-6,10-11H,4,7-9,16H2,1-3H3. The van der Waals surface area contributed by atoms with Crippen molar-refractivity contribution in [3.8, 4) is 5.75 Å². The Labute approximate surface area is 114 Å². The van der Waals surface area contributed by atoms with Crippen molar-refractivity contribution in [1.82, 2.24) is 9.55 Å². The number of nitrogens with zero attached hydrogens (tertiary/aromatic N) is 2. The minimum Gasteiger partial charge on any atom is -0.491 e. The molecule has 0 atom stereocenters. The summed E-state index contributed by atoms with van der Waals surface area (Å²) in [4.78, 5) is 4.69. The highest BCUT2D eigenvalue weighted by atomic mass is 16.5. The molecule has 0 fully saturated rings. The summed E-state index contributed by atoms with van der Waals surface area (Å²) in [6.45, 7) is 7.84. The van der Waals surface area contributed by atoms with Crippen molar-refractivity contribution in [3.63, 3.8) is 0 Å². The van der Waals surface area contributed by atoms with Gasteiger partial charge in [-0.1, -0.05) is 6.92 Å². The van der Waals surface area contributed by atoms with Crippen molar-refractivity contribution in [2.45, 2.75) is 46.3 Å². The number of fused-ring (bicyclic) bond motifs is 1. The van der Waals surface area contributed by atoms with Gasteiger partial charge in [0.2, 0.25) is 0 Å². The van der Waals surface area contributed by atoms with Crippen molar-refractivity contribution in [2.75, 3.05) is 6.54 Å². The Kier molecular flexibility index (Phi) is 4.43. The molecule has 2 rings (SSSR count). The van der Waals surface area contributed by atoms with E-state index in [1.54, 1.807) is 0 Å². The van der Waals surface area contributed by atoms with E-state index in [1.165, 1.54) is 5.52 Å². The first-order valence-corrected chi connectivity index (χ1v) is 7.01. The Balaban J connectivity index is 2.43. The molecule has 19 heavy (non-hydrogen) atoms. The second-order valence-corrected chi connectivity index (χ2v) is 5.04. The van der Waals surface area contributed by atoms with E-state index < -0.39 is 0 Å². The van der Waals surface area contributed by atoms with Gasteiger partial charge in [0.25, 0.3) is 0 Å². The molecular weight excluding hydrogens is 238 g/mol. The Morgan fingerprint density at radius 1 is 1.37 bits per heavy atom. The largest absolute Gasteiger partial charge is 0.491 e. The molecule has 104 valence electrons. The smallest absolute Gasteiger partial charge is 0.121 e. The molecule has 0 bridgehead atoms. The molecule has 0 amide bonds. The van der Waals surface area contributed by atoms with Gasteiger partial charge in [-0.2, -0.15) is 0 Å². The topological polar surface area (TPSA) is 53.1 Å². The van der Waals surface area contributed by atoms with Crippen LogP contribution in [0.4, 0.5) is 0 Å². The van der Waals surface area contributed by atoms with Crippen LogP contribution in [-0.2, 0) is 13.0 Å². The molecule has 0 aliphatic rings. The molecule has 2 N–H and O–H groups in total. The van der Waals surface area contributed by atoms with E-state index in [4.69, 9.17) is 15.5 Å². The van der Waals surface area contributed by atoms with E-state index in [2.05, 4.69) is 17.6 Å². The van der Waals surface area contributed by atoms with Crippen LogP contribution in [0, 0.1) is 0 Å². The Hall–Kier alpha value is -1.55. The first-order chi connectivity index (χ1) is 9.15. The summed E-state index contributed by atoms with van der Waals surface area (Å²) in [5.41, 5.74) is 7.83. The van der Waals surface area contributed by atoms with Crippen LogP contribution in [0.3, 0.4) is 0 Å². The van der Waals surface area contributed by atoms with Crippen molar-refractivity contribution in [2.24, 2.45) is 5.73 Å². The minimum absolute atomic E-state index is 0.179. The van der Waals surface area contributed by atoms with Gasteiger partial charge in [-0.3, -0.25) is 0 Å². The lowest BCUT2D eigenvalue weighted by atomic mass is 10.3. The highest BCUT2D eigenvalue weighted by Crippen LogP contribution is 2.23. The average Bonchev–Trinajstić information content (AvgIpc) is 2.67. The second kappa shape index (κ2) is 6.06. The summed E-state index contributed by atoms with van der Waals surface area (Å²) < 4.78 is 7.98. The van der Waals surface area contributed by atoms with Crippen molar-refractivity contribution >= 4 is 11.0 Å². The van der Waals surface area contributed by atoms with Gasteiger partial charge in [-0.25, -0.2) is 4.98 Å². The summed E-state index contributed by atoms with van der Waals surface area (Å²) in [6.07, 6.45) is 2.08. The molecule has 0 aliphatic heterocycles. The van der Waals surface area contributed by atoms with Crippen molar-refractivity contribution in [3.05, 3.63) is 24.0 Å². The zero-order valence-electron chi connectivity index (χ0n) is 12.0. The average molecular weight is 261 g/mol. The van der Waals surface area contributed by atoms with Gasteiger partial charge in [0, 0.05) is 19.0 Å². The number of imidazole rings is 1. The maximum atomic E-state index is 5.72. The van der Waals surface area contributed by atoms with E-state index in [0.717, 1.165) is 36.5 Å². The summed E-state index contributed by atoms with van der Waals surface area (Å²) in [5.74, 6) is 1.95. The second-order valence-electron chi connectivity index (χ2n) is 5.04. The molecule has 0 saturated carbocycles. The van der Waals surface area contributed by atoms with Gasteiger partial charge in [0.1, 0.15) is 11.6 Å². The molecule has 0 unspecified atom stereocenters. The predicted molar refractivity (Wildman–Crippen MR) is 78.5 cm³/mol. The fourth-order valence-corrected chi connectivity index (χ4v) is 2.30. The van der Waals surface area contributed by atoms with Crippen LogP contribution in [-0.4, -0.2) is 22.2 Å². The molecule has 2 aromatic rings. The van der Waals surface area contributed by atoms with Crippen LogP contribution in [0.1, 0.15) is 33.0 Å². The highest BCUT2D eigenvalue weighted by molar-refractivity contribution is 5.77. The third-order valence-electron chi connectivity index (χ3n) is 2.99. The quantitative estimate of drug-likeness (QED) is 0.870. The Morgan fingerprint density at radius 2 is 2.16 bits per heavy atom. The van der Waals surface area contributed by atoms with Gasteiger partial charge in [0.05, 0.1) is 17.1 Å². The molecule has 4 heteroatoms. The minimum atomic E-state index is 0.179. The summed E-state index contributed by atoms with van der Waals surface area (Å²) in [7, 11) is 0. The van der Waals surface area contributed by atoms with Crippen molar-refractivity contribution < 1.29 is 4.74 Å². The number of nitrogens with two attached hydrogens (primary N) is 1. The first kappa shape index (κ1) is 13.9. The van der Waals surface area contributed by atoms with Crippen LogP contribution in [0.25, 0.3) is 11.0 Å². The maximum Gasteiger partial charge on any atom is 0.121 e. The van der Waals surface area contributed by atoms with Crippen LogP contribution in [0.15, 0.2) is 18.2 Å². The van der Waals surface area contributed by atoms with E-state index in [-0.39, 0.29) is 6.10 Å². The number of hydrogen-bond donors (Lipinski definition) is 1. The first-order valence-electron chi connectivity index (χ1n) is 7.01. The highest BCUT2D eigenvalue weighted by Gasteiger charge is 2.10. The van der Waals surface area contributed by atoms with Crippen molar-refractivity contribution in [1.29, 1.82) is 0 Å². The molecule has 0 radical (unpaired) electrons. The molecule has 0 saturated heterocycles. The number of rotatable bonds is 6. The summed E-state index contributed by atoms with van der Waals surface area (Å²) in [5, 5.41) is 0. The van der Waals surface area contributed by atoms with Gasteiger partial charge < -0.3 is 15.0 Å². The fourth-order valence-electron chi connectivity index (χ4n) is 2.30. The normalized spacial score (nSPS) is 11.4. The van der Waals surface area contributed by atoms with Gasteiger partial charge in [-0.15, -0.1) is 0 Å². The molecule has 1 heterocycles. The molecular formula is C15H23N3O.